The van der Waals surface area contributed by atoms with Crippen molar-refractivity contribution in [1.82, 2.24) is 9.71 Å². The first kappa shape index (κ1) is 19.1. The number of hydrogen-bond acceptors (Lipinski definition) is 4. The lowest BCUT2D eigenvalue weighted by atomic mass is 10.1. The molecule has 0 aliphatic rings. The van der Waals surface area contributed by atoms with E-state index in [-0.39, 0.29) is 22.4 Å². The van der Waals surface area contributed by atoms with Gasteiger partial charge in [-0.3, -0.25) is 9.78 Å². The van der Waals surface area contributed by atoms with E-state index in [1.807, 2.05) is 26.8 Å². The molecule has 134 valence electrons. The minimum atomic E-state index is -3.65. The number of hydrogen-bond donors (Lipinski definition) is 2. The minimum Gasteiger partial charge on any atom is -0.320 e. The standard InChI is InChI=1S/C18H23N3O3S/c1-11(2)21-25(23,24)16-8-6-7-15(10-16)18(22)20-17-12(3)9-13(4)19-14(17)5/h6-11,21H,1-5H3,(H,20,22). The van der Waals surface area contributed by atoms with Crippen molar-refractivity contribution >= 4 is 21.6 Å². The Morgan fingerprint density at radius 1 is 1.12 bits per heavy atom. The number of amides is 1. The summed E-state index contributed by atoms with van der Waals surface area (Å²) in [6.07, 6.45) is 0. The van der Waals surface area contributed by atoms with E-state index in [1.165, 1.54) is 12.1 Å². The Morgan fingerprint density at radius 2 is 1.80 bits per heavy atom. The van der Waals surface area contributed by atoms with Crippen LogP contribution in [0.1, 0.15) is 41.2 Å². The number of carbonyl (C=O) groups is 1. The molecule has 0 bridgehead atoms. The van der Waals surface area contributed by atoms with Crippen LogP contribution in [0.2, 0.25) is 0 Å². The summed E-state index contributed by atoms with van der Waals surface area (Å²) in [5.41, 5.74) is 3.41. The Morgan fingerprint density at radius 3 is 2.40 bits per heavy atom. The third-order valence-electron chi connectivity index (χ3n) is 3.56. The third-order valence-corrected chi connectivity index (χ3v) is 5.22. The summed E-state index contributed by atoms with van der Waals surface area (Å²) in [5.74, 6) is -0.376. The van der Waals surface area contributed by atoms with Crippen molar-refractivity contribution in [2.45, 2.75) is 45.6 Å². The van der Waals surface area contributed by atoms with Crippen LogP contribution in [0.25, 0.3) is 0 Å². The normalized spacial score (nSPS) is 11.6. The zero-order valence-electron chi connectivity index (χ0n) is 15.0. The Kier molecular flexibility index (Phi) is 5.59. The molecule has 7 heteroatoms. The minimum absolute atomic E-state index is 0.0596. The van der Waals surface area contributed by atoms with Crippen LogP contribution >= 0.6 is 0 Å². The maximum Gasteiger partial charge on any atom is 0.255 e. The predicted octanol–water partition coefficient (Wildman–Crippen LogP) is 2.95. The van der Waals surface area contributed by atoms with E-state index >= 15 is 0 Å². The Balaban J connectivity index is 2.31. The quantitative estimate of drug-likeness (QED) is 0.857. The number of sulfonamides is 1. The lowest BCUT2D eigenvalue weighted by Gasteiger charge is -2.13. The second-order valence-corrected chi connectivity index (χ2v) is 8.01. The number of aromatic nitrogens is 1. The molecule has 1 heterocycles. The van der Waals surface area contributed by atoms with Gasteiger partial charge in [-0.15, -0.1) is 0 Å². The van der Waals surface area contributed by atoms with Gasteiger partial charge >= 0.3 is 0 Å². The average molecular weight is 361 g/mol. The van der Waals surface area contributed by atoms with Gasteiger partial charge in [0.25, 0.3) is 5.91 Å². The van der Waals surface area contributed by atoms with E-state index in [0.29, 0.717) is 5.69 Å². The number of nitrogens with zero attached hydrogens (tertiary/aromatic N) is 1. The molecule has 6 nitrogen and oxygen atoms in total. The Bertz CT molecular complexity index is 883. The molecule has 0 radical (unpaired) electrons. The van der Waals surface area contributed by atoms with E-state index in [4.69, 9.17) is 0 Å². The number of aryl methyl sites for hydroxylation is 3. The molecule has 2 aromatic rings. The molecular formula is C18H23N3O3S. The highest BCUT2D eigenvalue weighted by atomic mass is 32.2. The Labute approximate surface area is 148 Å². The van der Waals surface area contributed by atoms with Gasteiger partial charge in [0.15, 0.2) is 0 Å². The van der Waals surface area contributed by atoms with Crippen molar-refractivity contribution in [2.75, 3.05) is 5.32 Å². The molecule has 0 aliphatic heterocycles. The highest BCUT2D eigenvalue weighted by molar-refractivity contribution is 7.89. The van der Waals surface area contributed by atoms with Crippen LogP contribution in [0.3, 0.4) is 0 Å². The number of rotatable bonds is 5. The smallest absolute Gasteiger partial charge is 0.255 e. The van der Waals surface area contributed by atoms with Crippen molar-refractivity contribution in [3.05, 3.63) is 52.8 Å². The van der Waals surface area contributed by atoms with Gasteiger partial charge in [0.05, 0.1) is 16.3 Å². The Hall–Kier alpha value is -2.25. The fourth-order valence-corrected chi connectivity index (χ4v) is 3.88. The van der Waals surface area contributed by atoms with Gasteiger partial charge in [-0.25, -0.2) is 13.1 Å². The van der Waals surface area contributed by atoms with E-state index in [9.17, 15) is 13.2 Å². The van der Waals surface area contributed by atoms with Crippen molar-refractivity contribution in [1.29, 1.82) is 0 Å². The lowest BCUT2D eigenvalue weighted by Crippen LogP contribution is -2.30. The SMILES string of the molecule is Cc1cc(C)c(NC(=O)c2cccc(S(=O)(=O)NC(C)C)c2)c(C)n1. The maximum absolute atomic E-state index is 12.6. The zero-order valence-corrected chi connectivity index (χ0v) is 15.9. The van der Waals surface area contributed by atoms with Gasteiger partial charge in [0.1, 0.15) is 0 Å². The molecular weight excluding hydrogens is 338 g/mol. The number of nitrogens with one attached hydrogen (secondary N) is 2. The van der Waals surface area contributed by atoms with Crippen molar-refractivity contribution in [3.8, 4) is 0 Å². The zero-order chi connectivity index (χ0) is 18.8. The molecule has 1 amide bonds. The fraction of sp³-hybridized carbons (Fsp3) is 0.333. The highest BCUT2D eigenvalue weighted by Crippen LogP contribution is 2.21. The summed E-state index contributed by atoms with van der Waals surface area (Å²) in [7, 11) is -3.65. The summed E-state index contributed by atoms with van der Waals surface area (Å²) in [6, 6.07) is 7.62. The molecule has 2 N–H and O–H groups in total. The maximum atomic E-state index is 12.6. The number of pyridine rings is 1. The number of benzene rings is 1. The lowest BCUT2D eigenvalue weighted by molar-refractivity contribution is 0.102. The molecule has 0 unspecified atom stereocenters. The van der Waals surface area contributed by atoms with E-state index < -0.39 is 10.0 Å². The topological polar surface area (TPSA) is 88.2 Å². The summed E-state index contributed by atoms with van der Waals surface area (Å²) >= 11 is 0. The third kappa shape index (κ3) is 4.64. The van der Waals surface area contributed by atoms with Crippen LogP contribution in [0.4, 0.5) is 5.69 Å². The van der Waals surface area contributed by atoms with Gasteiger partial charge in [-0.1, -0.05) is 6.07 Å². The largest absolute Gasteiger partial charge is 0.320 e. The van der Waals surface area contributed by atoms with Gasteiger partial charge in [0, 0.05) is 17.3 Å². The first-order chi connectivity index (χ1) is 11.6. The van der Waals surface area contributed by atoms with Crippen LogP contribution in [-0.2, 0) is 10.0 Å². The van der Waals surface area contributed by atoms with Gasteiger partial charge < -0.3 is 5.32 Å². The number of anilines is 1. The summed E-state index contributed by atoms with van der Waals surface area (Å²) in [5, 5.41) is 2.82. The molecule has 0 aliphatic carbocycles. The first-order valence-electron chi connectivity index (χ1n) is 7.99. The molecule has 0 saturated heterocycles. The van der Waals surface area contributed by atoms with E-state index in [1.54, 1.807) is 26.0 Å². The average Bonchev–Trinajstić information content (AvgIpc) is 2.49. The second-order valence-electron chi connectivity index (χ2n) is 6.30. The van der Waals surface area contributed by atoms with E-state index in [0.717, 1.165) is 17.0 Å². The van der Waals surface area contributed by atoms with E-state index in [2.05, 4.69) is 15.0 Å². The van der Waals surface area contributed by atoms with Crippen molar-refractivity contribution in [3.63, 3.8) is 0 Å². The van der Waals surface area contributed by atoms with Crippen LogP contribution in [0.5, 0.6) is 0 Å². The molecule has 2 rings (SSSR count). The van der Waals surface area contributed by atoms with Crippen LogP contribution < -0.4 is 10.0 Å². The van der Waals surface area contributed by atoms with Crippen LogP contribution in [-0.4, -0.2) is 25.4 Å². The molecule has 0 saturated carbocycles. The molecule has 1 aromatic carbocycles. The monoisotopic (exact) mass is 361 g/mol. The molecule has 1 aromatic heterocycles. The molecule has 0 atom stereocenters. The highest BCUT2D eigenvalue weighted by Gasteiger charge is 2.18. The van der Waals surface area contributed by atoms with Gasteiger partial charge in [-0.2, -0.15) is 0 Å². The van der Waals surface area contributed by atoms with Crippen LogP contribution in [0, 0.1) is 20.8 Å². The van der Waals surface area contributed by atoms with Crippen molar-refractivity contribution in [2.24, 2.45) is 0 Å². The summed E-state index contributed by atoms with van der Waals surface area (Å²) in [6.45, 7) is 9.09. The fourth-order valence-electron chi connectivity index (χ4n) is 2.58. The predicted molar refractivity (Wildman–Crippen MR) is 98.3 cm³/mol. The van der Waals surface area contributed by atoms with Crippen LogP contribution in [0.15, 0.2) is 35.2 Å². The molecule has 0 spiro atoms. The summed E-state index contributed by atoms with van der Waals surface area (Å²) in [4.78, 5) is 17.0. The molecule has 25 heavy (non-hydrogen) atoms. The van der Waals surface area contributed by atoms with Gasteiger partial charge in [-0.05, 0) is 64.4 Å². The second kappa shape index (κ2) is 7.33. The summed E-state index contributed by atoms with van der Waals surface area (Å²) < 4.78 is 27.0. The first-order valence-corrected chi connectivity index (χ1v) is 9.47. The molecule has 0 fully saturated rings. The number of carbonyl (C=O) groups excluding carboxylic acids is 1. The van der Waals surface area contributed by atoms with Crippen molar-refractivity contribution < 1.29 is 13.2 Å². The van der Waals surface area contributed by atoms with Gasteiger partial charge in [0.2, 0.25) is 10.0 Å².